The van der Waals surface area contributed by atoms with Crippen LogP contribution < -0.4 is 14.4 Å². The van der Waals surface area contributed by atoms with Crippen molar-refractivity contribution in [2.75, 3.05) is 24.2 Å². The Hall–Kier alpha value is -2.98. The Balaban J connectivity index is 2.10. The van der Waals surface area contributed by atoms with Crippen LogP contribution in [0.3, 0.4) is 0 Å². The Bertz CT molecular complexity index is 1530. The van der Waals surface area contributed by atoms with Crippen molar-refractivity contribution in [1.82, 2.24) is 10.2 Å². The first-order valence-electron chi connectivity index (χ1n) is 13.0. The summed E-state index contributed by atoms with van der Waals surface area (Å²) in [5.74, 6) is -0.648. The average molecular weight is 655 g/mol. The number of nitrogens with zero attached hydrogens (tertiary/aromatic N) is 2. The van der Waals surface area contributed by atoms with Gasteiger partial charge in [0.1, 0.15) is 18.3 Å². The number of anilines is 1. The van der Waals surface area contributed by atoms with E-state index in [1.165, 1.54) is 30.2 Å². The maximum atomic E-state index is 14.2. The van der Waals surface area contributed by atoms with Crippen LogP contribution in [-0.4, -0.2) is 56.6 Å². The van der Waals surface area contributed by atoms with E-state index in [1.807, 2.05) is 51.1 Å². The van der Waals surface area contributed by atoms with Crippen molar-refractivity contribution in [1.29, 1.82) is 0 Å². The Morgan fingerprint density at radius 3 is 2.12 bits per heavy atom. The van der Waals surface area contributed by atoms with Crippen LogP contribution in [0.25, 0.3) is 0 Å². The van der Waals surface area contributed by atoms with E-state index in [1.54, 1.807) is 18.2 Å². The number of carbonyl (C=O) groups excluding carboxylic acids is 2. The van der Waals surface area contributed by atoms with Gasteiger partial charge in [-0.25, -0.2) is 8.42 Å². The normalized spacial score (nSPS) is 12.4. The van der Waals surface area contributed by atoms with Gasteiger partial charge in [-0.15, -0.1) is 0 Å². The summed E-state index contributed by atoms with van der Waals surface area (Å²) in [5.41, 5.74) is 1.01. The molecule has 2 amide bonds. The molecule has 0 saturated heterocycles. The number of benzene rings is 3. The van der Waals surface area contributed by atoms with E-state index in [-0.39, 0.29) is 28.7 Å². The maximum absolute atomic E-state index is 14.2. The highest BCUT2D eigenvalue weighted by Crippen LogP contribution is 2.31. The fourth-order valence-electron chi connectivity index (χ4n) is 4.27. The van der Waals surface area contributed by atoms with E-state index >= 15 is 0 Å². The molecule has 0 radical (unpaired) electrons. The first-order valence-corrected chi connectivity index (χ1v) is 16.0. The van der Waals surface area contributed by atoms with Gasteiger partial charge >= 0.3 is 0 Å². The number of methoxy groups -OCH3 is 1. The molecular weight excluding hydrogens is 621 g/mol. The number of ether oxygens (including phenoxy) is 1. The molecule has 0 fully saturated rings. The van der Waals surface area contributed by atoms with Gasteiger partial charge in [0.2, 0.25) is 21.8 Å². The van der Waals surface area contributed by atoms with Crippen molar-refractivity contribution < 1.29 is 22.7 Å². The quantitative estimate of drug-likeness (QED) is 0.275. The van der Waals surface area contributed by atoms with Crippen molar-refractivity contribution >= 4 is 62.3 Å². The van der Waals surface area contributed by atoms with Crippen LogP contribution in [-0.2, 0) is 32.6 Å². The van der Waals surface area contributed by atoms with Gasteiger partial charge in [0, 0.05) is 18.5 Å². The molecule has 3 aromatic rings. The number of hydrogen-bond acceptors (Lipinski definition) is 5. The standard InChI is InChI=1S/C30H34Cl3N3O5S/c1-30(2,3)34-29(38)26(16-20-9-7-6-8-10-20)35(18-21-11-13-23(31)24(32)15-21)28(37)19-36(42(5,39)40)22-12-14-27(41-4)25(33)17-22/h6-15,17,26H,16,18-19H2,1-5H3,(H,34,38). The number of rotatable bonds is 11. The molecule has 0 aromatic heterocycles. The predicted octanol–water partition coefficient (Wildman–Crippen LogP) is 5.98. The van der Waals surface area contributed by atoms with Crippen molar-refractivity contribution in [3.8, 4) is 5.75 Å². The second kappa shape index (κ2) is 14.0. The second-order valence-corrected chi connectivity index (χ2v) is 13.9. The first kappa shape index (κ1) is 33.5. The van der Waals surface area contributed by atoms with Crippen molar-refractivity contribution in [2.45, 2.75) is 45.3 Å². The van der Waals surface area contributed by atoms with Crippen molar-refractivity contribution in [3.63, 3.8) is 0 Å². The highest BCUT2D eigenvalue weighted by atomic mass is 35.5. The highest BCUT2D eigenvalue weighted by molar-refractivity contribution is 7.92. The van der Waals surface area contributed by atoms with Gasteiger partial charge < -0.3 is 15.0 Å². The smallest absolute Gasteiger partial charge is 0.244 e. The molecule has 3 rings (SSSR count). The lowest BCUT2D eigenvalue weighted by molar-refractivity contribution is -0.140. The SMILES string of the molecule is COc1ccc(N(CC(=O)N(Cc2ccc(Cl)c(Cl)c2)C(Cc2ccccc2)C(=O)NC(C)(C)C)S(C)(=O)=O)cc1Cl. The molecule has 0 heterocycles. The summed E-state index contributed by atoms with van der Waals surface area (Å²) in [6.45, 7) is 4.90. The third kappa shape index (κ3) is 9.26. The molecule has 1 unspecified atom stereocenters. The van der Waals surface area contributed by atoms with Gasteiger partial charge in [0.15, 0.2) is 0 Å². The molecule has 1 N–H and O–H groups in total. The van der Waals surface area contributed by atoms with Gasteiger partial charge in [0.05, 0.1) is 34.1 Å². The van der Waals surface area contributed by atoms with Crippen molar-refractivity contribution in [3.05, 3.63) is 92.9 Å². The summed E-state index contributed by atoms with van der Waals surface area (Å²) in [7, 11) is -2.51. The molecule has 0 aliphatic carbocycles. The van der Waals surface area contributed by atoms with E-state index in [0.717, 1.165) is 16.1 Å². The van der Waals surface area contributed by atoms with Crippen LogP contribution in [0.1, 0.15) is 31.9 Å². The lowest BCUT2D eigenvalue weighted by Gasteiger charge is -2.35. The lowest BCUT2D eigenvalue weighted by atomic mass is 10.0. The summed E-state index contributed by atoms with van der Waals surface area (Å²) in [6, 6.07) is 17.6. The zero-order valence-corrected chi connectivity index (χ0v) is 27.1. The minimum Gasteiger partial charge on any atom is -0.495 e. The summed E-state index contributed by atoms with van der Waals surface area (Å²) in [4.78, 5) is 29.3. The third-order valence-electron chi connectivity index (χ3n) is 6.21. The van der Waals surface area contributed by atoms with Gasteiger partial charge in [-0.1, -0.05) is 71.2 Å². The molecule has 8 nitrogen and oxygen atoms in total. The minimum atomic E-state index is -3.95. The number of nitrogens with one attached hydrogen (secondary N) is 1. The third-order valence-corrected chi connectivity index (χ3v) is 8.38. The Labute approximate surface area is 262 Å². The molecule has 0 aliphatic rings. The maximum Gasteiger partial charge on any atom is 0.244 e. The van der Waals surface area contributed by atoms with E-state index in [4.69, 9.17) is 39.5 Å². The molecule has 0 spiro atoms. The number of amides is 2. The van der Waals surface area contributed by atoms with Crippen molar-refractivity contribution in [2.24, 2.45) is 0 Å². The fourth-order valence-corrected chi connectivity index (χ4v) is 5.68. The summed E-state index contributed by atoms with van der Waals surface area (Å²) in [6.07, 6.45) is 1.18. The second-order valence-electron chi connectivity index (χ2n) is 10.8. The summed E-state index contributed by atoms with van der Waals surface area (Å²) >= 11 is 18.7. The van der Waals surface area contributed by atoms with E-state index < -0.39 is 40.0 Å². The van der Waals surface area contributed by atoms with Crippen LogP contribution in [0.5, 0.6) is 5.75 Å². The molecule has 3 aromatic carbocycles. The minimum absolute atomic E-state index is 0.0360. The molecule has 226 valence electrons. The van der Waals surface area contributed by atoms with Crippen LogP contribution in [0.4, 0.5) is 5.69 Å². The molecule has 0 bridgehead atoms. The number of halogens is 3. The van der Waals surface area contributed by atoms with Crippen LogP contribution >= 0.6 is 34.8 Å². The summed E-state index contributed by atoms with van der Waals surface area (Å²) in [5, 5.41) is 3.77. The Morgan fingerprint density at radius 1 is 0.905 bits per heavy atom. The van der Waals surface area contributed by atoms with Crippen LogP contribution in [0, 0.1) is 0 Å². The van der Waals surface area contributed by atoms with Gasteiger partial charge in [-0.05, 0) is 62.2 Å². The molecule has 1 atom stereocenters. The molecule has 0 saturated carbocycles. The predicted molar refractivity (Wildman–Crippen MR) is 169 cm³/mol. The number of hydrogen-bond donors (Lipinski definition) is 1. The van der Waals surface area contributed by atoms with Crippen LogP contribution in [0.15, 0.2) is 66.7 Å². The average Bonchev–Trinajstić information content (AvgIpc) is 2.90. The lowest BCUT2D eigenvalue weighted by Crippen LogP contribution is -2.56. The monoisotopic (exact) mass is 653 g/mol. The van der Waals surface area contributed by atoms with E-state index in [0.29, 0.717) is 16.3 Å². The van der Waals surface area contributed by atoms with Gasteiger partial charge in [-0.3, -0.25) is 13.9 Å². The number of sulfonamides is 1. The van der Waals surface area contributed by atoms with E-state index in [9.17, 15) is 18.0 Å². The zero-order chi connectivity index (χ0) is 31.2. The first-order chi connectivity index (χ1) is 19.6. The Morgan fingerprint density at radius 2 is 1.57 bits per heavy atom. The topological polar surface area (TPSA) is 96.0 Å². The molecule has 12 heteroatoms. The summed E-state index contributed by atoms with van der Waals surface area (Å²) < 4.78 is 32.0. The fraction of sp³-hybridized carbons (Fsp3) is 0.333. The largest absolute Gasteiger partial charge is 0.495 e. The van der Waals surface area contributed by atoms with Gasteiger partial charge in [-0.2, -0.15) is 0 Å². The molecule has 42 heavy (non-hydrogen) atoms. The van der Waals surface area contributed by atoms with Crippen LogP contribution in [0.2, 0.25) is 15.1 Å². The highest BCUT2D eigenvalue weighted by Gasteiger charge is 2.34. The Kier molecular flexibility index (Phi) is 11.2. The van der Waals surface area contributed by atoms with E-state index in [2.05, 4.69) is 5.32 Å². The molecular formula is C30H34Cl3N3O5S. The number of carbonyl (C=O) groups is 2. The van der Waals surface area contributed by atoms with Gasteiger partial charge in [0.25, 0.3) is 0 Å². The molecule has 0 aliphatic heterocycles. The zero-order valence-electron chi connectivity index (χ0n) is 24.0.